The Morgan fingerprint density at radius 1 is 1.54 bits per heavy atom. The minimum Gasteiger partial charge on any atom is -0.459 e. The second kappa shape index (κ2) is 7.04. The molecule has 8 heteroatoms. The largest absolute Gasteiger partial charge is 0.459 e. The molecule has 0 unspecified atom stereocenters. The van der Waals surface area contributed by atoms with Crippen molar-refractivity contribution >= 4 is 28.3 Å². The standard InChI is InChI=1S/C16H20N4O3S/c1-2-11-13(24-16(17)19-11)14(21)18-10-5-3-7-20(9-10)15(22)12-6-4-8-23-12/h4,6,8,10H,2-3,5,7,9H2,1H3,(H2,17,19)(H,18,21)/t10-/m0/s1. The number of carbonyl (C=O) groups excluding carboxylic acids is 2. The van der Waals surface area contributed by atoms with Crippen LogP contribution < -0.4 is 11.1 Å². The van der Waals surface area contributed by atoms with Gasteiger partial charge in [-0.1, -0.05) is 18.3 Å². The van der Waals surface area contributed by atoms with Crippen LogP contribution in [0.5, 0.6) is 0 Å². The van der Waals surface area contributed by atoms with Crippen LogP contribution in [0.2, 0.25) is 0 Å². The quantitative estimate of drug-likeness (QED) is 0.879. The first-order valence-corrected chi connectivity index (χ1v) is 8.79. The molecule has 2 aromatic heterocycles. The average Bonchev–Trinajstić information content (AvgIpc) is 3.23. The van der Waals surface area contributed by atoms with E-state index >= 15 is 0 Å². The number of furan rings is 1. The fourth-order valence-electron chi connectivity index (χ4n) is 2.87. The van der Waals surface area contributed by atoms with E-state index in [-0.39, 0.29) is 17.9 Å². The van der Waals surface area contributed by atoms with E-state index in [9.17, 15) is 9.59 Å². The van der Waals surface area contributed by atoms with E-state index in [0.717, 1.165) is 12.8 Å². The number of nitrogens with one attached hydrogen (secondary N) is 1. The summed E-state index contributed by atoms with van der Waals surface area (Å²) in [6.07, 6.45) is 3.81. The van der Waals surface area contributed by atoms with E-state index in [2.05, 4.69) is 10.3 Å². The van der Waals surface area contributed by atoms with E-state index in [1.807, 2.05) is 6.92 Å². The van der Waals surface area contributed by atoms with Crippen LogP contribution in [0.15, 0.2) is 22.8 Å². The highest BCUT2D eigenvalue weighted by molar-refractivity contribution is 7.17. The SMILES string of the molecule is CCc1nc(N)sc1C(=O)N[C@H]1CCCN(C(=O)c2ccco2)C1. The summed E-state index contributed by atoms with van der Waals surface area (Å²) in [4.78, 5) is 31.3. The molecule has 0 bridgehead atoms. The van der Waals surface area contributed by atoms with Gasteiger partial charge in [0.1, 0.15) is 4.88 Å². The van der Waals surface area contributed by atoms with Gasteiger partial charge in [-0.3, -0.25) is 9.59 Å². The van der Waals surface area contributed by atoms with Crippen molar-refractivity contribution in [2.45, 2.75) is 32.2 Å². The third-order valence-electron chi connectivity index (χ3n) is 4.03. The molecule has 1 saturated heterocycles. The fourth-order valence-corrected chi connectivity index (χ4v) is 3.70. The molecule has 7 nitrogen and oxygen atoms in total. The molecule has 0 aromatic carbocycles. The van der Waals surface area contributed by atoms with Crippen molar-refractivity contribution in [1.29, 1.82) is 0 Å². The first kappa shape index (κ1) is 16.5. The molecular weight excluding hydrogens is 328 g/mol. The highest BCUT2D eigenvalue weighted by Crippen LogP contribution is 2.22. The van der Waals surface area contributed by atoms with Gasteiger partial charge in [-0.15, -0.1) is 0 Å². The Bertz CT molecular complexity index is 726. The second-order valence-electron chi connectivity index (χ2n) is 5.72. The molecule has 1 aliphatic heterocycles. The molecule has 24 heavy (non-hydrogen) atoms. The molecule has 3 N–H and O–H groups in total. The Morgan fingerprint density at radius 2 is 2.38 bits per heavy atom. The molecule has 3 heterocycles. The molecule has 1 aliphatic rings. The van der Waals surface area contributed by atoms with Gasteiger partial charge in [0.2, 0.25) is 0 Å². The zero-order valence-electron chi connectivity index (χ0n) is 13.4. The average molecular weight is 348 g/mol. The summed E-state index contributed by atoms with van der Waals surface area (Å²) in [7, 11) is 0. The number of nitrogens with zero attached hydrogens (tertiary/aromatic N) is 2. The molecule has 0 aliphatic carbocycles. The van der Waals surface area contributed by atoms with Crippen LogP contribution in [0.1, 0.15) is 45.7 Å². The van der Waals surface area contributed by atoms with Crippen molar-refractivity contribution < 1.29 is 14.0 Å². The van der Waals surface area contributed by atoms with Gasteiger partial charge in [0.25, 0.3) is 11.8 Å². The number of rotatable bonds is 4. The molecule has 0 saturated carbocycles. The molecule has 0 spiro atoms. The maximum Gasteiger partial charge on any atom is 0.289 e. The summed E-state index contributed by atoms with van der Waals surface area (Å²) in [5.41, 5.74) is 6.42. The van der Waals surface area contributed by atoms with Gasteiger partial charge in [0.15, 0.2) is 10.9 Å². The summed E-state index contributed by atoms with van der Waals surface area (Å²) in [6, 6.07) is 3.26. The Kier molecular flexibility index (Phi) is 4.84. The lowest BCUT2D eigenvalue weighted by Crippen LogP contribution is -2.49. The van der Waals surface area contributed by atoms with Crippen LogP contribution >= 0.6 is 11.3 Å². The lowest BCUT2D eigenvalue weighted by Gasteiger charge is -2.32. The number of amides is 2. The van der Waals surface area contributed by atoms with Crippen molar-refractivity contribution in [2.24, 2.45) is 0 Å². The highest BCUT2D eigenvalue weighted by Gasteiger charge is 2.28. The first-order chi connectivity index (χ1) is 11.6. The molecule has 2 amide bonds. The zero-order valence-corrected chi connectivity index (χ0v) is 14.3. The lowest BCUT2D eigenvalue weighted by molar-refractivity contribution is 0.0647. The number of aryl methyl sites for hydroxylation is 1. The summed E-state index contributed by atoms with van der Waals surface area (Å²) in [6.45, 7) is 3.08. The lowest BCUT2D eigenvalue weighted by atomic mass is 10.1. The van der Waals surface area contributed by atoms with Crippen LogP contribution in [0.25, 0.3) is 0 Å². The van der Waals surface area contributed by atoms with Gasteiger partial charge in [-0.2, -0.15) is 0 Å². The zero-order chi connectivity index (χ0) is 17.1. The normalized spacial score (nSPS) is 17.7. The number of piperidine rings is 1. The van der Waals surface area contributed by atoms with E-state index in [0.29, 0.717) is 41.0 Å². The van der Waals surface area contributed by atoms with Crippen molar-refractivity contribution in [3.63, 3.8) is 0 Å². The molecule has 0 radical (unpaired) electrons. The predicted octanol–water partition coefficient (Wildman–Crippen LogP) is 1.92. The van der Waals surface area contributed by atoms with Crippen molar-refractivity contribution in [1.82, 2.24) is 15.2 Å². The van der Waals surface area contributed by atoms with Crippen LogP contribution in [0.4, 0.5) is 5.13 Å². The number of nitrogens with two attached hydrogens (primary N) is 1. The second-order valence-corrected chi connectivity index (χ2v) is 6.75. The third-order valence-corrected chi connectivity index (χ3v) is 4.96. The topological polar surface area (TPSA) is 101 Å². The van der Waals surface area contributed by atoms with E-state index < -0.39 is 0 Å². The van der Waals surface area contributed by atoms with E-state index in [4.69, 9.17) is 10.2 Å². The first-order valence-electron chi connectivity index (χ1n) is 7.97. The molecule has 1 atom stereocenters. The number of hydrogen-bond donors (Lipinski definition) is 2. The monoisotopic (exact) mass is 348 g/mol. The maximum atomic E-state index is 12.5. The Labute approximate surface area is 143 Å². The fraction of sp³-hybridized carbons (Fsp3) is 0.438. The number of likely N-dealkylation sites (tertiary alicyclic amines) is 1. The Morgan fingerprint density at radius 3 is 3.08 bits per heavy atom. The van der Waals surface area contributed by atoms with Gasteiger partial charge in [-0.05, 0) is 31.4 Å². The highest BCUT2D eigenvalue weighted by atomic mass is 32.1. The Hall–Kier alpha value is -2.35. The van der Waals surface area contributed by atoms with Crippen molar-refractivity contribution in [3.05, 3.63) is 34.7 Å². The van der Waals surface area contributed by atoms with Crippen molar-refractivity contribution in [2.75, 3.05) is 18.8 Å². The minimum atomic E-state index is -0.168. The molecule has 128 valence electrons. The van der Waals surface area contributed by atoms with Crippen LogP contribution in [-0.4, -0.2) is 40.8 Å². The number of nitrogen functional groups attached to an aromatic ring is 1. The van der Waals surface area contributed by atoms with Gasteiger partial charge >= 0.3 is 0 Å². The third kappa shape index (κ3) is 3.43. The van der Waals surface area contributed by atoms with Crippen LogP contribution in [-0.2, 0) is 6.42 Å². The van der Waals surface area contributed by atoms with Gasteiger partial charge in [0.05, 0.1) is 12.0 Å². The summed E-state index contributed by atoms with van der Waals surface area (Å²) in [5, 5.41) is 3.40. The van der Waals surface area contributed by atoms with Crippen LogP contribution in [0, 0.1) is 0 Å². The molecular formula is C16H20N4O3S. The number of thiazole rings is 1. The van der Waals surface area contributed by atoms with Crippen LogP contribution in [0.3, 0.4) is 0 Å². The van der Waals surface area contributed by atoms with Crippen molar-refractivity contribution in [3.8, 4) is 0 Å². The summed E-state index contributed by atoms with van der Waals surface area (Å²) in [5.74, 6) is 0.0130. The summed E-state index contributed by atoms with van der Waals surface area (Å²) >= 11 is 1.20. The predicted molar refractivity (Wildman–Crippen MR) is 91.0 cm³/mol. The smallest absolute Gasteiger partial charge is 0.289 e. The minimum absolute atomic E-state index is 0.0850. The van der Waals surface area contributed by atoms with Gasteiger partial charge < -0.3 is 20.4 Å². The number of carbonyl (C=O) groups is 2. The molecule has 2 aromatic rings. The van der Waals surface area contributed by atoms with Gasteiger partial charge in [-0.25, -0.2) is 4.98 Å². The van der Waals surface area contributed by atoms with Gasteiger partial charge in [0, 0.05) is 19.1 Å². The number of hydrogen-bond acceptors (Lipinski definition) is 6. The van der Waals surface area contributed by atoms with E-state index in [1.54, 1.807) is 17.0 Å². The number of anilines is 1. The maximum absolute atomic E-state index is 12.5. The molecule has 1 fully saturated rings. The Balaban J connectivity index is 1.65. The summed E-state index contributed by atoms with van der Waals surface area (Å²) < 4.78 is 5.17. The molecule has 3 rings (SSSR count). The number of aromatic nitrogens is 1. The van der Waals surface area contributed by atoms with E-state index in [1.165, 1.54) is 17.6 Å².